The van der Waals surface area contributed by atoms with E-state index in [-0.39, 0.29) is 23.0 Å². The summed E-state index contributed by atoms with van der Waals surface area (Å²) in [5, 5.41) is 3.21. The summed E-state index contributed by atoms with van der Waals surface area (Å²) >= 11 is 7.09. The van der Waals surface area contributed by atoms with E-state index in [1.807, 2.05) is 0 Å². The maximum Gasteiger partial charge on any atom is 0.339 e. The Balaban J connectivity index is 1.58. The second-order valence-electron chi connectivity index (χ2n) is 6.57. The molecule has 1 N–H and O–H groups in total. The molecule has 0 aliphatic carbocycles. The van der Waals surface area contributed by atoms with Gasteiger partial charge in [0.05, 0.1) is 18.4 Å². The van der Waals surface area contributed by atoms with Crippen LogP contribution in [0, 0.1) is 0 Å². The third-order valence-corrected chi connectivity index (χ3v) is 5.61. The molecule has 32 heavy (non-hydrogen) atoms. The number of methoxy groups -OCH3 is 1. The summed E-state index contributed by atoms with van der Waals surface area (Å²) in [6.07, 6.45) is 0. The molecule has 0 saturated carbocycles. The van der Waals surface area contributed by atoms with Gasteiger partial charge < -0.3 is 14.8 Å². The lowest BCUT2D eigenvalue weighted by Gasteiger charge is -2.10. The Morgan fingerprint density at radius 3 is 2.53 bits per heavy atom. The summed E-state index contributed by atoms with van der Waals surface area (Å²) in [5.74, 6) is -0.512. The van der Waals surface area contributed by atoms with Gasteiger partial charge in [-0.15, -0.1) is 11.8 Å². The van der Waals surface area contributed by atoms with Gasteiger partial charge >= 0.3 is 5.97 Å². The standard InChI is InChI=1S/C24H20ClNO5S/c1-30-19-9-5-8-18(13-19)26-23(28)15-32-22-11-3-2-10-20(22)24(29)31-14-21(27)16-6-4-7-17(25)12-16/h2-13H,14-15H2,1H3,(H,26,28). The SMILES string of the molecule is COc1cccc(NC(=O)CSc2ccccc2C(=O)OCC(=O)c2cccc(Cl)c2)c1. The number of Topliss-reactive ketones (excluding diaryl/α,β-unsaturated/α-hetero) is 1. The smallest absolute Gasteiger partial charge is 0.339 e. The molecule has 0 saturated heterocycles. The minimum atomic E-state index is -0.642. The van der Waals surface area contributed by atoms with Crippen molar-refractivity contribution >= 4 is 46.7 Å². The topological polar surface area (TPSA) is 81.7 Å². The Labute approximate surface area is 194 Å². The van der Waals surface area contributed by atoms with Crippen LogP contribution in [0.2, 0.25) is 5.02 Å². The monoisotopic (exact) mass is 469 g/mol. The van der Waals surface area contributed by atoms with Gasteiger partial charge in [-0.3, -0.25) is 9.59 Å². The number of ether oxygens (including phenoxy) is 2. The molecule has 164 valence electrons. The zero-order valence-corrected chi connectivity index (χ0v) is 18.7. The maximum atomic E-state index is 12.5. The minimum absolute atomic E-state index is 0.0863. The van der Waals surface area contributed by atoms with Crippen LogP contribution in [-0.4, -0.2) is 37.1 Å². The maximum absolute atomic E-state index is 12.5. The zero-order valence-electron chi connectivity index (χ0n) is 17.2. The Bertz CT molecular complexity index is 1130. The van der Waals surface area contributed by atoms with Gasteiger partial charge in [0.25, 0.3) is 0 Å². The first-order chi connectivity index (χ1) is 15.5. The Hall–Kier alpha value is -3.29. The summed E-state index contributed by atoms with van der Waals surface area (Å²) in [7, 11) is 1.55. The summed E-state index contributed by atoms with van der Waals surface area (Å²) < 4.78 is 10.3. The lowest BCUT2D eigenvalue weighted by molar-refractivity contribution is -0.113. The number of nitrogens with one attached hydrogen (secondary N) is 1. The number of carbonyl (C=O) groups excluding carboxylic acids is 3. The van der Waals surface area contributed by atoms with Crippen LogP contribution in [0.1, 0.15) is 20.7 Å². The van der Waals surface area contributed by atoms with Crippen molar-refractivity contribution in [2.24, 2.45) is 0 Å². The van der Waals surface area contributed by atoms with Crippen molar-refractivity contribution in [2.75, 3.05) is 24.8 Å². The predicted molar refractivity (Wildman–Crippen MR) is 125 cm³/mol. The van der Waals surface area contributed by atoms with Gasteiger partial charge in [0.2, 0.25) is 5.91 Å². The van der Waals surface area contributed by atoms with Crippen molar-refractivity contribution in [3.63, 3.8) is 0 Å². The molecule has 0 radical (unpaired) electrons. The van der Waals surface area contributed by atoms with Crippen molar-refractivity contribution < 1.29 is 23.9 Å². The fraction of sp³-hybridized carbons (Fsp3) is 0.125. The first kappa shape index (κ1) is 23.4. The van der Waals surface area contributed by atoms with Gasteiger partial charge in [-0.25, -0.2) is 4.79 Å². The molecule has 0 atom stereocenters. The second kappa shape index (κ2) is 11.4. The summed E-state index contributed by atoms with van der Waals surface area (Å²) in [6, 6.07) is 20.2. The van der Waals surface area contributed by atoms with Gasteiger partial charge in [-0.1, -0.05) is 41.9 Å². The number of amides is 1. The fourth-order valence-corrected chi connectivity index (χ4v) is 3.79. The molecule has 0 fully saturated rings. The molecule has 0 unspecified atom stereocenters. The highest BCUT2D eigenvalue weighted by Gasteiger charge is 2.16. The first-order valence-corrected chi connectivity index (χ1v) is 10.9. The Kier molecular flexibility index (Phi) is 8.30. The van der Waals surface area contributed by atoms with Crippen LogP contribution >= 0.6 is 23.4 Å². The van der Waals surface area contributed by atoms with E-state index in [1.165, 1.54) is 17.8 Å². The first-order valence-electron chi connectivity index (χ1n) is 9.58. The molecule has 6 nitrogen and oxygen atoms in total. The number of ketones is 1. The van der Waals surface area contributed by atoms with Crippen molar-refractivity contribution in [1.29, 1.82) is 0 Å². The molecule has 3 rings (SSSR count). The molecular weight excluding hydrogens is 450 g/mol. The number of halogens is 1. The van der Waals surface area contributed by atoms with E-state index in [0.29, 0.717) is 26.9 Å². The molecule has 3 aromatic carbocycles. The number of anilines is 1. The van der Waals surface area contributed by atoms with E-state index in [4.69, 9.17) is 21.1 Å². The van der Waals surface area contributed by atoms with Crippen LogP contribution in [0.5, 0.6) is 5.75 Å². The normalized spacial score (nSPS) is 10.3. The van der Waals surface area contributed by atoms with Crippen molar-refractivity contribution in [1.82, 2.24) is 0 Å². The lowest BCUT2D eigenvalue weighted by atomic mass is 10.1. The van der Waals surface area contributed by atoms with Gasteiger partial charge in [0, 0.05) is 27.2 Å². The van der Waals surface area contributed by atoms with Gasteiger partial charge in [-0.05, 0) is 36.4 Å². The van der Waals surface area contributed by atoms with Crippen LogP contribution in [0.15, 0.2) is 77.7 Å². The average Bonchev–Trinajstić information content (AvgIpc) is 2.81. The zero-order chi connectivity index (χ0) is 22.9. The molecular formula is C24H20ClNO5S. The highest BCUT2D eigenvalue weighted by atomic mass is 35.5. The molecule has 0 spiro atoms. The largest absolute Gasteiger partial charge is 0.497 e. The van der Waals surface area contributed by atoms with Gasteiger partial charge in [0.1, 0.15) is 5.75 Å². The van der Waals surface area contributed by atoms with Crippen LogP contribution in [0.4, 0.5) is 5.69 Å². The molecule has 0 aromatic heterocycles. The molecule has 1 amide bonds. The molecule has 0 aliphatic heterocycles. The van der Waals surface area contributed by atoms with E-state index in [1.54, 1.807) is 73.8 Å². The average molecular weight is 470 g/mol. The van der Waals surface area contributed by atoms with Gasteiger partial charge in [-0.2, -0.15) is 0 Å². The van der Waals surface area contributed by atoms with Crippen LogP contribution < -0.4 is 10.1 Å². The van der Waals surface area contributed by atoms with Crippen LogP contribution in [0.25, 0.3) is 0 Å². The van der Waals surface area contributed by atoms with Crippen LogP contribution in [-0.2, 0) is 9.53 Å². The summed E-state index contributed by atoms with van der Waals surface area (Å²) in [4.78, 5) is 37.7. The number of hydrogen-bond donors (Lipinski definition) is 1. The van der Waals surface area contributed by atoms with Crippen molar-refractivity contribution in [2.45, 2.75) is 4.90 Å². The molecule has 0 aliphatic rings. The second-order valence-corrected chi connectivity index (χ2v) is 8.03. The number of carbonyl (C=O) groups is 3. The van der Waals surface area contributed by atoms with E-state index >= 15 is 0 Å². The summed E-state index contributed by atoms with van der Waals surface area (Å²) in [5.41, 5.74) is 1.26. The van der Waals surface area contributed by atoms with Crippen molar-refractivity contribution in [3.05, 3.63) is 88.9 Å². The Morgan fingerprint density at radius 2 is 1.75 bits per heavy atom. The number of thioether (sulfide) groups is 1. The van der Waals surface area contributed by atoms with E-state index in [2.05, 4.69) is 5.32 Å². The number of hydrogen-bond acceptors (Lipinski definition) is 6. The third kappa shape index (κ3) is 6.60. The van der Waals surface area contributed by atoms with Gasteiger partial charge in [0.15, 0.2) is 12.4 Å². The Morgan fingerprint density at radius 1 is 0.969 bits per heavy atom. The number of esters is 1. The van der Waals surface area contributed by atoms with Crippen LogP contribution in [0.3, 0.4) is 0 Å². The predicted octanol–water partition coefficient (Wildman–Crippen LogP) is 5.12. The molecule has 8 heteroatoms. The minimum Gasteiger partial charge on any atom is -0.497 e. The summed E-state index contributed by atoms with van der Waals surface area (Å²) in [6.45, 7) is -0.408. The molecule has 0 heterocycles. The lowest BCUT2D eigenvalue weighted by Crippen LogP contribution is -2.16. The molecule has 3 aromatic rings. The highest BCUT2D eigenvalue weighted by Crippen LogP contribution is 2.24. The number of rotatable bonds is 9. The van der Waals surface area contributed by atoms with E-state index in [0.717, 1.165) is 0 Å². The third-order valence-electron chi connectivity index (χ3n) is 4.30. The quantitative estimate of drug-likeness (QED) is 0.266. The van der Waals surface area contributed by atoms with E-state index < -0.39 is 12.6 Å². The fourth-order valence-electron chi connectivity index (χ4n) is 2.76. The van der Waals surface area contributed by atoms with Crippen molar-refractivity contribution in [3.8, 4) is 5.75 Å². The van der Waals surface area contributed by atoms with E-state index in [9.17, 15) is 14.4 Å². The molecule has 0 bridgehead atoms. The highest BCUT2D eigenvalue weighted by molar-refractivity contribution is 8.00. The number of benzene rings is 3.